The lowest BCUT2D eigenvalue weighted by Gasteiger charge is -2.41. The van der Waals surface area contributed by atoms with Gasteiger partial charge in [0.15, 0.2) is 93.1 Å². The van der Waals surface area contributed by atoms with E-state index in [1.165, 1.54) is 27.7 Å². The molecule has 4 aromatic carbocycles. The summed E-state index contributed by atoms with van der Waals surface area (Å²) >= 11 is 0. The molecule has 0 aromatic heterocycles. The monoisotopic (exact) mass is 944 g/mol. The Morgan fingerprint density at radius 3 is 0.523 bits per heavy atom. The molecule has 4 saturated heterocycles. The molecular formula is C45H36F16O4. The van der Waals surface area contributed by atoms with Crippen LogP contribution in [0, 0.1) is 115 Å². The van der Waals surface area contributed by atoms with E-state index in [1.807, 2.05) is 0 Å². The average molecular weight is 945 g/mol. The molecule has 4 aliphatic rings. The number of rotatable bonds is 12. The minimum absolute atomic E-state index is 0.299. The van der Waals surface area contributed by atoms with Gasteiger partial charge >= 0.3 is 0 Å². The second-order valence-electron chi connectivity index (χ2n) is 19.1. The Morgan fingerprint density at radius 2 is 0.415 bits per heavy atom. The molecule has 65 heavy (non-hydrogen) atoms. The lowest BCUT2D eigenvalue weighted by molar-refractivity contribution is -0.101. The summed E-state index contributed by atoms with van der Waals surface area (Å²) in [6.07, 6.45) is -4.00. The number of hydrogen-bond donors (Lipinski definition) is 0. The van der Waals surface area contributed by atoms with E-state index in [0.717, 1.165) is 0 Å². The smallest absolute Gasteiger partial charge is 0.167 e. The maximum Gasteiger partial charge on any atom is 0.167 e. The number of hydrogen-bond acceptors (Lipinski definition) is 4. The summed E-state index contributed by atoms with van der Waals surface area (Å²) in [4.78, 5) is 0. The van der Waals surface area contributed by atoms with E-state index in [9.17, 15) is 0 Å². The van der Waals surface area contributed by atoms with Crippen molar-refractivity contribution in [1.82, 2.24) is 0 Å². The van der Waals surface area contributed by atoms with E-state index >= 15 is 70.2 Å². The largest absolute Gasteiger partial charge is 0.380 e. The Labute approximate surface area is 359 Å². The van der Waals surface area contributed by atoms with Crippen LogP contribution in [0.4, 0.5) is 70.2 Å². The standard InChI is InChI=1S/C45H36F16O4/c1-41(9-62-10-41)5-17-25(46)33(54)21(34(55)26(17)47)45(22-35(56)27(48)18(28(49)36(22)57)6-42(2)11-63-12-42,23-37(58)29(50)19(30(51)38(23)59)7-43(3)13-64-14-43)24-39(60)31(52)20(32(53)40(24)61)8-44(4)15-65-16-44/h5-16H2,1-4H3. The highest BCUT2D eigenvalue weighted by atomic mass is 19.2. The topological polar surface area (TPSA) is 36.9 Å². The van der Waals surface area contributed by atoms with E-state index < -0.39 is 190 Å². The van der Waals surface area contributed by atoms with Gasteiger partial charge < -0.3 is 18.9 Å². The molecule has 4 aliphatic heterocycles. The van der Waals surface area contributed by atoms with Crippen LogP contribution in [0.15, 0.2) is 0 Å². The number of benzene rings is 4. The molecule has 0 aliphatic carbocycles. The molecule has 0 radical (unpaired) electrons. The first-order valence-corrected chi connectivity index (χ1v) is 20.0. The van der Waals surface area contributed by atoms with Crippen molar-refractivity contribution in [3.8, 4) is 0 Å². The molecule has 4 heterocycles. The zero-order valence-corrected chi connectivity index (χ0v) is 34.7. The van der Waals surface area contributed by atoms with Crippen LogP contribution >= 0.6 is 0 Å². The molecule has 0 spiro atoms. The van der Waals surface area contributed by atoms with E-state index in [1.54, 1.807) is 0 Å². The SMILES string of the molecule is CC1(Cc2c(F)c(F)c(C(c3c(F)c(F)c(CC4(C)COC4)c(F)c3F)(c3c(F)c(F)c(CC4(C)COC4)c(F)c3F)c3c(F)c(F)c(CC4(C)COC4)c(F)c3F)c(F)c2F)COC1. The number of ether oxygens (including phenoxy) is 4. The molecule has 0 atom stereocenters. The minimum Gasteiger partial charge on any atom is -0.380 e. The first-order chi connectivity index (χ1) is 30.3. The fourth-order valence-corrected chi connectivity index (χ4v) is 9.31. The lowest BCUT2D eigenvalue weighted by atomic mass is 9.62. The molecule has 0 N–H and O–H groups in total. The van der Waals surface area contributed by atoms with E-state index in [-0.39, 0.29) is 52.9 Å². The molecule has 0 unspecified atom stereocenters. The van der Waals surface area contributed by atoms with Crippen molar-refractivity contribution in [1.29, 1.82) is 0 Å². The Hall–Kier alpha value is -4.40. The molecule has 20 heteroatoms. The van der Waals surface area contributed by atoms with Crippen molar-refractivity contribution in [2.24, 2.45) is 21.7 Å². The maximum atomic E-state index is 17.3. The van der Waals surface area contributed by atoms with Crippen LogP contribution < -0.4 is 0 Å². The second kappa shape index (κ2) is 15.9. The van der Waals surface area contributed by atoms with Crippen LogP contribution in [0.25, 0.3) is 0 Å². The van der Waals surface area contributed by atoms with Crippen molar-refractivity contribution in [3.05, 3.63) is 138 Å². The Morgan fingerprint density at radius 1 is 0.277 bits per heavy atom. The van der Waals surface area contributed by atoms with Gasteiger partial charge in [0.25, 0.3) is 0 Å². The third kappa shape index (κ3) is 7.04. The molecular weight excluding hydrogens is 908 g/mol. The van der Waals surface area contributed by atoms with Gasteiger partial charge in [-0.1, -0.05) is 27.7 Å². The normalized spacial score (nSPS) is 19.4. The van der Waals surface area contributed by atoms with Crippen molar-refractivity contribution in [3.63, 3.8) is 0 Å². The fraction of sp³-hybridized carbons (Fsp3) is 0.467. The molecule has 4 fully saturated rings. The van der Waals surface area contributed by atoms with Gasteiger partial charge in [0.2, 0.25) is 0 Å². The Bertz CT molecular complexity index is 2190. The second-order valence-corrected chi connectivity index (χ2v) is 19.1. The molecule has 4 aromatic rings. The van der Waals surface area contributed by atoms with Gasteiger partial charge in [0.05, 0.1) is 58.3 Å². The molecule has 352 valence electrons. The molecule has 8 rings (SSSR count). The highest BCUT2D eigenvalue weighted by Gasteiger charge is 2.58. The van der Waals surface area contributed by atoms with Gasteiger partial charge in [-0.3, -0.25) is 0 Å². The summed E-state index contributed by atoms with van der Waals surface area (Å²) in [5.74, 6) is -45.8. The van der Waals surface area contributed by atoms with Gasteiger partial charge in [-0.15, -0.1) is 0 Å². The first kappa shape index (κ1) is 47.1. The van der Waals surface area contributed by atoms with Gasteiger partial charge in [-0.2, -0.15) is 0 Å². The van der Waals surface area contributed by atoms with Crippen LogP contribution in [0.2, 0.25) is 0 Å². The van der Waals surface area contributed by atoms with Crippen LogP contribution in [0.5, 0.6) is 0 Å². The summed E-state index contributed by atoms with van der Waals surface area (Å²) in [5, 5.41) is 0. The van der Waals surface area contributed by atoms with E-state index in [4.69, 9.17) is 18.9 Å². The van der Waals surface area contributed by atoms with Gasteiger partial charge in [-0.05, 0) is 25.7 Å². The minimum atomic E-state index is -5.56. The zero-order valence-electron chi connectivity index (χ0n) is 34.7. The van der Waals surface area contributed by atoms with Gasteiger partial charge in [0, 0.05) is 66.2 Å². The maximum absolute atomic E-state index is 17.3. The first-order valence-electron chi connectivity index (χ1n) is 20.0. The lowest BCUT2D eigenvalue weighted by Crippen LogP contribution is -2.45. The molecule has 4 nitrogen and oxygen atoms in total. The third-order valence-corrected chi connectivity index (χ3v) is 12.9. The molecule has 0 amide bonds. The van der Waals surface area contributed by atoms with Crippen LogP contribution in [0.1, 0.15) is 72.2 Å². The van der Waals surface area contributed by atoms with E-state index in [0.29, 0.717) is 0 Å². The fourth-order valence-electron chi connectivity index (χ4n) is 9.31. The van der Waals surface area contributed by atoms with Crippen molar-refractivity contribution in [2.45, 2.75) is 58.8 Å². The molecule has 0 bridgehead atoms. The van der Waals surface area contributed by atoms with Crippen LogP contribution in [-0.4, -0.2) is 52.9 Å². The highest BCUT2D eigenvalue weighted by Crippen LogP contribution is 2.56. The number of halogens is 16. The van der Waals surface area contributed by atoms with Gasteiger partial charge in [0.1, 0.15) is 0 Å². The third-order valence-electron chi connectivity index (χ3n) is 12.9. The summed E-state index contributed by atoms with van der Waals surface area (Å²) in [6.45, 7) is 2.77. The van der Waals surface area contributed by atoms with Crippen LogP contribution in [-0.2, 0) is 50.0 Å². The average Bonchev–Trinajstić information content (AvgIpc) is 3.21. The Kier molecular flexibility index (Phi) is 11.5. The summed E-state index contributed by atoms with van der Waals surface area (Å²) in [5.41, 5.74) is -29.3. The molecule has 0 saturated carbocycles. The van der Waals surface area contributed by atoms with Crippen molar-refractivity contribution >= 4 is 0 Å². The zero-order chi connectivity index (χ0) is 47.7. The summed E-state index contributed by atoms with van der Waals surface area (Å²) < 4.78 is 291. The van der Waals surface area contributed by atoms with Crippen molar-refractivity contribution in [2.75, 3.05) is 52.9 Å². The quantitative estimate of drug-likeness (QED) is 0.0806. The van der Waals surface area contributed by atoms with Gasteiger partial charge in [-0.25, -0.2) is 70.2 Å². The predicted octanol–water partition coefficient (Wildman–Crippen LogP) is 10.6. The highest BCUT2D eigenvalue weighted by molar-refractivity contribution is 5.65. The summed E-state index contributed by atoms with van der Waals surface area (Å²) in [6, 6.07) is 0. The van der Waals surface area contributed by atoms with Crippen molar-refractivity contribution < 1.29 is 89.2 Å². The predicted molar refractivity (Wildman–Crippen MR) is 195 cm³/mol. The van der Waals surface area contributed by atoms with E-state index in [2.05, 4.69) is 0 Å². The Balaban J connectivity index is 1.61. The summed E-state index contributed by atoms with van der Waals surface area (Å²) in [7, 11) is 0. The van der Waals surface area contributed by atoms with Crippen LogP contribution in [0.3, 0.4) is 0 Å².